The van der Waals surface area contributed by atoms with Crippen molar-refractivity contribution in [3.63, 3.8) is 0 Å². The van der Waals surface area contributed by atoms with Crippen molar-refractivity contribution in [2.45, 2.75) is 51.4 Å². The summed E-state index contributed by atoms with van der Waals surface area (Å²) in [5.74, 6) is -0.390. The summed E-state index contributed by atoms with van der Waals surface area (Å²) in [5, 5.41) is 4.26. The van der Waals surface area contributed by atoms with Crippen LogP contribution in [0.5, 0.6) is 0 Å². The number of carbonyl (C=O) groups excluding carboxylic acids is 2. The van der Waals surface area contributed by atoms with Crippen molar-refractivity contribution in [3.8, 4) is 0 Å². The van der Waals surface area contributed by atoms with E-state index in [1.165, 1.54) is 26.4 Å². The molecule has 46 heavy (non-hydrogen) atoms. The molecule has 3 nitrogen and oxygen atoms in total. The zero-order valence-corrected chi connectivity index (χ0v) is 28.4. The fourth-order valence-corrected chi connectivity index (χ4v) is 12.9. The Kier molecular flexibility index (Phi) is 8.82. The summed E-state index contributed by atoms with van der Waals surface area (Å²) in [7, 11) is -2.47. The number of hydrogen-bond donors (Lipinski definition) is 0. The van der Waals surface area contributed by atoms with Gasteiger partial charge in [-0.25, -0.2) is 0 Å². The molecule has 1 aliphatic heterocycles. The van der Waals surface area contributed by atoms with Crippen LogP contribution in [0.1, 0.15) is 72.4 Å². The topological polar surface area (TPSA) is 37.4 Å². The van der Waals surface area contributed by atoms with Crippen LogP contribution in [0.15, 0.2) is 140 Å². The average molecular weight is 626 g/mol. The molecule has 4 heteroatoms. The zero-order valence-electron chi connectivity index (χ0n) is 27.4. The van der Waals surface area contributed by atoms with Gasteiger partial charge in [-0.05, 0) is 0 Å². The number of carbonyl (C=O) groups is 2. The number of nitrogens with zero attached hydrogens (tertiary/aromatic N) is 1. The van der Waals surface area contributed by atoms with Gasteiger partial charge in [-0.15, -0.1) is 0 Å². The third kappa shape index (κ3) is 5.52. The van der Waals surface area contributed by atoms with Crippen molar-refractivity contribution < 1.29 is 9.59 Å². The minimum atomic E-state index is -2.47. The second-order valence-corrected chi connectivity index (χ2v) is 17.2. The summed E-state index contributed by atoms with van der Waals surface area (Å²) >= 11 is 0. The maximum atomic E-state index is 13.2. The number of hydrogen-bond acceptors (Lipinski definition) is 2. The number of rotatable bonds is 11. The molecule has 0 N–H and O–H groups in total. The van der Waals surface area contributed by atoms with Gasteiger partial charge in [-0.3, -0.25) is 0 Å². The Balaban J connectivity index is 1.38. The van der Waals surface area contributed by atoms with Gasteiger partial charge in [0.1, 0.15) is 0 Å². The molecule has 234 valence electrons. The summed E-state index contributed by atoms with van der Waals surface area (Å²) in [6, 6.07) is 49.6. The molecule has 2 unspecified atom stereocenters. The first-order chi connectivity index (χ1) is 22.3. The minimum absolute atomic E-state index is 0.0998. The molecule has 0 aliphatic carbocycles. The van der Waals surface area contributed by atoms with Gasteiger partial charge in [0.05, 0.1) is 0 Å². The Morgan fingerprint density at radius 2 is 0.848 bits per heavy atom. The van der Waals surface area contributed by atoms with E-state index in [-0.39, 0.29) is 22.6 Å². The van der Waals surface area contributed by atoms with E-state index in [9.17, 15) is 9.59 Å². The third-order valence-electron chi connectivity index (χ3n) is 10.7. The first-order valence-electron chi connectivity index (χ1n) is 16.5. The van der Waals surface area contributed by atoms with Gasteiger partial charge in [0.2, 0.25) is 0 Å². The van der Waals surface area contributed by atoms with Crippen molar-refractivity contribution in [2.75, 3.05) is 12.7 Å². The Hall–Kier alpha value is -4.33. The maximum absolute atomic E-state index is 13.2. The number of amides is 2. The van der Waals surface area contributed by atoms with Gasteiger partial charge in [-0.2, -0.15) is 0 Å². The molecule has 0 saturated carbocycles. The molecule has 0 bridgehead atoms. The molecular formula is C42H44NO2P. The van der Waals surface area contributed by atoms with Gasteiger partial charge in [-0.1, -0.05) is 12.1 Å². The van der Waals surface area contributed by atoms with Gasteiger partial charge in [0, 0.05) is 0 Å². The Labute approximate surface area is 274 Å². The molecule has 0 aromatic heterocycles. The average Bonchev–Trinajstić information content (AvgIpc) is 3.36. The second kappa shape index (κ2) is 12.8. The molecule has 0 saturated heterocycles. The van der Waals surface area contributed by atoms with Crippen molar-refractivity contribution in [1.82, 2.24) is 4.90 Å². The Morgan fingerprint density at radius 1 is 0.500 bits per heavy atom. The third-order valence-corrected chi connectivity index (χ3v) is 15.9. The van der Waals surface area contributed by atoms with Crippen LogP contribution in [-0.2, 0) is 10.8 Å². The first kappa shape index (κ1) is 31.6. The molecule has 5 aromatic rings. The molecule has 1 heterocycles. The molecular weight excluding hydrogens is 581 g/mol. The van der Waals surface area contributed by atoms with Crippen LogP contribution in [0.4, 0.5) is 0 Å². The van der Waals surface area contributed by atoms with Crippen LogP contribution in [0.2, 0.25) is 0 Å². The normalized spacial score (nSPS) is 16.0. The molecule has 6 rings (SSSR count). The Bertz CT molecular complexity index is 1690. The quantitative estimate of drug-likeness (QED) is 0.110. The van der Waals surface area contributed by atoms with Crippen LogP contribution < -0.4 is 15.9 Å². The SMILES string of the molecule is CCC(C)(CN1C(=O)c2ccccc2C1=O)c1ccc(C(C)(CC)C[PH](c2ccccc2)(c2ccccc2)c2ccccc2)cc1. The van der Waals surface area contributed by atoms with Crippen LogP contribution in [0, 0.1) is 0 Å². The van der Waals surface area contributed by atoms with Crippen molar-refractivity contribution in [2.24, 2.45) is 0 Å². The van der Waals surface area contributed by atoms with Crippen LogP contribution in [-0.4, -0.2) is 29.4 Å². The predicted molar refractivity (Wildman–Crippen MR) is 195 cm³/mol. The zero-order chi connectivity index (χ0) is 32.4. The molecule has 0 spiro atoms. The fourth-order valence-electron chi connectivity index (χ4n) is 7.40. The molecule has 5 aromatic carbocycles. The van der Waals surface area contributed by atoms with Crippen molar-refractivity contribution in [1.29, 1.82) is 0 Å². The van der Waals surface area contributed by atoms with E-state index in [0.29, 0.717) is 17.7 Å². The monoisotopic (exact) mass is 625 g/mol. The van der Waals surface area contributed by atoms with Crippen molar-refractivity contribution >= 4 is 35.0 Å². The van der Waals surface area contributed by atoms with Gasteiger partial charge in [0.25, 0.3) is 0 Å². The second-order valence-electron chi connectivity index (χ2n) is 13.3. The number of imide groups is 1. The van der Waals surface area contributed by atoms with E-state index in [4.69, 9.17) is 0 Å². The molecule has 0 radical (unpaired) electrons. The molecule has 1 aliphatic rings. The predicted octanol–water partition coefficient (Wildman–Crippen LogP) is 8.04. The fraction of sp³-hybridized carbons (Fsp3) is 0.238. The number of fused-ring (bicyclic) bond motifs is 1. The van der Waals surface area contributed by atoms with Gasteiger partial charge < -0.3 is 0 Å². The van der Waals surface area contributed by atoms with E-state index in [2.05, 4.69) is 143 Å². The van der Waals surface area contributed by atoms with E-state index in [0.717, 1.165) is 24.6 Å². The summed E-state index contributed by atoms with van der Waals surface area (Å²) in [6.07, 6.45) is 2.82. The summed E-state index contributed by atoms with van der Waals surface area (Å²) in [5.41, 5.74) is 3.00. The standard InChI is InChI=1S/C42H44NO2P/c1-5-41(3,30-43-39(44)37-24-16-17-25-38(37)40(43)45)32-26-28-33(29-27-32)42(4,6-2)31-46(34-18-10-7-11-19-34,35-20-12-8-13-21-35)36-22-14-9-15-23-36/h7-29,46H,5-6,30-31H2,1-4H3. The van der Waals surface area contributed by atoms with Gasteiger partial charge in [0.15, 0.2) is 0 Å². The van der Waals surface area contributed by atoms with Gasteiger partial charge >= 0.3 is 263 Å². The van der Waals surface area contributed by atoms with Crippen LogP contribution >= 0.6 is 7.26 Å². The van der Waals surface area contributed by atoms with E-state index in [1.807, 2.05) is 12.1 Å². The summed E-state index contributed by atoms with van der Waals surface area (Å²) < 4.78 is 0. The first-order valence-corrected chi connectivity index (χ1v) is 18.7. The number of benzene rings is 5. The van der Waals surface area contributed by atoms with E-state index < -0.39 is 7.26 Å². The van der Waals surface area contributed by atoms with E-state index >= 15 is 0 Å². The van der Waals surface area contributed by atoms with Crippen LogP contribution in [0.3, 0.4) is 0 Å². The summed E-state index contributed by atoms with van der Waals surface area (Å²) in [6.45, 7) is 9.40. The summed E-state index contributed by atoms with van der Waals surface area (Å²) in [4.78, 5) is 27.9. The van der Waals surface area contributed by atoms with Crippen LogP contribution in [0.25, 0.3) is 0 Å². The Morgan fingerprint density at radius 3 is 1.22 bits per heavy atom. The molecule has 0 fully saturated rings. The molecule has 2 amide bonds. The van der Waals surface area contributed by atoms with Crippen molar-refractivity contribution in [3.05, 3.63) is 162 Å². The molecule has 2 atom stereocenters. The van der Waals surface area contributed by atoms with E-state index in [1.54, 1.807) is 12.1 Å².